The minimum absolute atomic E-state index is 0.298. The third-order valence-electron chi connectivity index (χ3n) is 3.55. The highest BCUT2D eigenvalue weighted by Gasteiger charge is 2.13. The van der Waals surface area contributed by atoms with Crippen molar-refractivity contribution in [2.24, 2.45) is 11.8 Å². The number of nitrogens with one attached hydrogen (secondary N) is 1. The molecule has 0 saturated heterocycles. The molecule has 0 fully saturated rings. The van der Waals surface area contributed by atoms with Gasteiger partial charge in [-0.05, 0) is 12.3 Å². The average Bonchev–Trinajstić information content (AvgIpc) is 2.83. The monoisotopic (exact) mass is 281 g/mol. The summed E-state index contributed by atoms with van der Waals surface area (Å²) in [4.78, 5) is 4.37. The Bertz CT molecular complexity index is 348. The highest BCUT2D eigenvalue weighted by Crippen LogP contribution is 2.10. The molecular weight excluding hydrogens is 250 g/mol. The van der Waals surface area contributed by atoms with Crippen LogP contribution < -0.4 is 11.3 Å². The second kappa shape index (κ2) is 9.88. The van der Waals surface area contributed by atoms with Gasteiger partial charge in [0.1, 0.15) is 12.2 Å². The molecule has 0 saturated carbocycles. The first kappa shape index (κ1) is 17.1. The van der Waals surface area contributed by atoms with Gasteiger partial charge in [-0.1, -0.05) is 52.9 Å². The van der Waals surface area contributed by atoms with Crippen molar-refractivity contribution in [3.05, 3.63) is 12.2 Å². The molecule has 20 heavy (non-hydrogen) atoms. The average molecular weight is 281 g/mol. The fourth-order valence-electron chi connectivity index (χ4n) is 2.40. The summed E-state index contributed by atoms with van der Waals surface area (Å²) in [6, 6.07) is 0.298. The molecule has 0 bridgehead atoms. The smallest absolute Gasteiger partial charge is 0.138 e. The van der Waals surface area contributed by atoms with Crippen LogP contribution in [0.3, 0.4) is 0 Å². The van der Waals surface area contributed by atoms with Crippen LogP contribution in [0.15, 0.2) is 6.33 Å². The maximum atomic E-state index is 5.67. The van der Waals surface area contributed by atoms with Crippen LogP contribution >= 0.6 is 0 Å². The summed E-state index contributed by atoms with van der Waals surface area (Å²) in [6.07, 6.45) is 10.1. The van der Waals surface area contributed by atoms with E-state index in [1.54, 1.807) is 6.33 Å². The molecule has 5 heteroatoms. The molecule has 1 unspecified atom stereocenters. The molecule has 116 valence electrons. The van der Waals surface area contributed by atoms with Gasteiger partial charge in [-0.15, -0.1) is 0 Å². The molecule has 0 aliphatic rings. The number of nitrogens with two attached hydrogens (primary N) is 1. The van der Waals surface area contributed by atoms with Gasteiger partial charge in [-0.3, -0.25) is 11.3 Å². The van der Waals surface area contributed by atoms with Gasteiger partial charge < -0.3 is 0 Å². The third kappa shape index (κ3) is 6.48. The molecule has 3 N–H and O–H groups in total. The van der Waals surface area contributed by atoms with E-state index in [0.29, 0.717) is 12.0 Å². The van der Waals surface area contributed by atoms with Crippen LogP contribution in [0.25, 0.3) is 0 Å². The van der Waals surface area contributed by atoms with E-state index in [2.05, 4.69) is 36.3 Å². The van der Waals surface area contributed by atoms with E-state index in [1.807, 2.05) is 4.68 Å². The van der Waals surface area contributed by atoms with E-state index in [4.69, 9.17) is 5.84 Å². The van der Waals surface area contributed by atoms with Crippen LogP contribution in [-0.2, 0) is 13.0 Å². The van der Waals surface area contributed by atoms with Crippen molar-refractivity contribution >= 4 is 0 Å². The SMILES string of the molecule is CCCCCCCC(Cc1ncnn1CC(C)C)NN. The zero-order chi connectivity index (χ0) is 14.8. The zero-order valence-electron chi connectivity index (χ0n) is 13.3. The molecule has 1 aromatic heterocycles. The second-order valence-electron chi connectivity index (χ2n) is 6.02. The standard InChI is InChI=1S/C15H31N5/c1-4-5-6-7-8-9-14(19-16)10-15-17-12-18-20(15)11-13(2)3/h12-14,19H,4-11,16H2,1-3H3. The van der Waals surface area contributed by atoms with Crippen molar-refractivity contribution in [2.45, 2.75) is 78.3 Å². The number of hydrogen-bond acceptors (Lipinski definition) is 4. The van der Waals surface area contributed by atoms with Crippen molar-refractivity contribution in [2.75, 3.05) is 0 Å². The lowest BCUT2D eigenvalue weighted by Gasteiger charge is -2.16. The van der Waals surface area contributed by atoms with Crippen LogP contribution in [-0.4, -0.2) is 20.8 Å². The molecule has 0 aliphatic carbocycles. The van der Waals surface area contributed by atoms with Crippen LogP contribution in [0.5, 0.6) is 0 Å². The van der Waals surface area contributed by atoms with Crippen LogP contribution in [0.1, 0.15) is 65.1 Å². The van der Waals surface area contributed by atoms with E-state index < -0.39 is 0 Å². The predicted octanol–water partition coefficient (Wildman–Crippen LogP) is 2.67. The molecule has 0 aromatic carbocycles. The van der Waals surface area contributed by atoms with Crippen LogP contribution in [0.4, 0.5) is 0 Å². The summed E-state index contributed by atoms with van der Waals surface area (Å²) >= 11 is 0. The van der Waals surface area contributed by atoms with Gasteiger partial charge in [0.05, 0.1) is 0 Å². The summed E-state index contributed by atoms with van der Waals surface area (Å²) in [5, 5.41) is 4.30. The number of hydrazine groups is 1. The maximum absolute atomic E-state index is 5.67. The molecule has 1 aromatic rings. The fourth-order valence-corrected chi connectivity index (χ4v) is 2.40. The van der Waals surface area contributed by atoms with E-state index in [0.717, 1.165) is 25.2 Å². The van der Waals surface area contributed by atoms with Crippen LogP contribution in [0, 0.1) is 5.92 Å². The molecule has 5 nitrogen and oxygen atoms in total. The Morgan fingerprint density at radius 3 is 2.65 bits per heavy atom. The Balaban J connectivity index is 2.37. The predicted molar refractivity (Wildman–Crippen MR) is 83.1 cm³/mol. The Morgan fingerprint density at radius 1 is 1.25 bits per heavy atom. The number of unbranched alkanes of at least 4 members (excludes halogenated alkanes) is 4. The van der Waals surface area contributed by atoms with E-state index >= 15 is 0 Å². The Kier molecular flexibility index (Phi) is 8.46. The molecule has 0 amide bonds. The van der Waals surface area contributed by atoms with E-state index in [1.165, 1.54) is 32.1 Å². The Labute approximate surface area is 123 Å². The summed E-state index contributed by atoms with van der Waals surface area (Å²) in [5.74, 6) is 7.29. The van der Waals surface area contributed by atoms with Gasteiger partial charge >= 0.3 is 0 Å². The topological polar surface area (TPSA) is 68.8 Å². The van der Waals surface area contributed by atoms with Gasteiger partial charge in [0.15, 0.2) is 0 Å². The van der Waals surface area contributed by atoms with Crippen molar-refractivity contribution in [3.8, 4) is 0 Å². The van der Waals surface area contributed by atoms with Crippen molar-refractivity contribution in [1.29, 1.82) is 0 Å². The molecule has 0 aliphatic heterocycles. The number of rotatable bonds is 11. The number of hydrogen-bond donors (Lipinski definition) is 2. The van der Waals surface area contributed by atoms with Gasteiger partial charge in [-0.25, -0.2) is 9.67 Å². The molecular formula is C15H31N5. The minimum atomic E-state index is 0.298. The van der Waals surface area contributed by atoms with E-state index in [9.17, 15) is 0 Å². The minimum Gasteiger partial charge on any atom is -0.271 e. The van der Waals surface area contributed by atoms with Gasteiger partial charge in [-0.2, -0.15) is 5.10 Å². The lowest BCUT2D eigenvalue weighted by atomic mass is 10.0. The summed E-state index contributed by atoms with van der Waals surface area (Å²) in [5.41, 5.74) is 2.93. The lowest BCUT2D eigenvalue weighted by molar-refractivity contribution is 0.421. The normalized spacial score (nSPS) is 13.1. The van der Waals surface area contributed by atoms with Crippen LogP contribution in [0.2, 0.25) is 0 Å². The first-order valence-electron chi connectivity index (χ1n) is 8.00. The first-order chi connectivity index (χ1) is 9.67. The Hall–Kier alpha value is -0.940. The number of aromatic nitrogens is 3. The second-order valence-corrected chi connectivity index (χ2v) is 6.02. The Morgan fingerprint density at radius 2 is 2.00 bits per heavy atom. The summed E-state index contributed by atoms with van der Waals surface area (Å²) in [6.45, 7) is 7.55. The lowest BCUT2D eigenvalue weighted by Crippen LogP contribution is -2.37. The van der Waals surface area contributed by atoms with Gasteiger partial charge in [0, 0.05) is 19.0 Å². The highest BCUT2D eigenvalue weighted by atomic mass is 15.3. The fraction of sp³-hybridized carbons (Fsp3) is 0.867. The van der Waals surface area contributed by atoms with E-state index in [-0.39, 0.29) is 0 Å². The third-order valence-corrected chi connectivity index (χ3v) is 3.55. The zero-order valence-corrected chi connectivity index (χ0v) is 13.3. The van der Waals surface area contributed by atoms with Crippen molar-refractivity contribution in [3.63, 3.8) is 0 Å². The summed E-state index contributed by atoms with van der Waals surface area (Å²) < 4.78 is 2.01. The number of nitrogens with zero attached hydrogens (tertiary/aromatic N) is 3. The highest BCUT2D eigenvalue weighted by molar-refractivity contribution is 4.89. The molecule has 1 atom stereocenters. The first-order valence-corrected chi connectivity index (χ1v) is 8.00. The molecule has 1 heterocycles. The molecule has 0 radical (unpaired) electrons. The largest absolute Gasteiger partial charge is 0.271 e. The molecule has 1 rings (SSSR count). The van der Waals surface area contributed by atoms with Crippen molar-refractivity contribution in [1.82, 2.24) is 20.2 Å². The van der Waals surface area contributed by atoms with Gasteiger partial charge in [0.2, 0.25) is 0 Å². The van der Waals surface area contributed by atoms with Crippen molar-refractivity contribution < 1.29 is 0 Å². The van der Waals surface area contributed by atoms with Gasteiger partial charge in [0.25, 0.3) is 0 Å². The quantitative estimate of drug-likeness (QED) is 0.372. The maximum Gasteiger partial charge on any atom is 0.138 e. The summed E-state index contributed by atoms with van der Waals surface area (Å²) in [7, 11) is 0. The molecule has 0 spiro atoms.